The third kappa shape index (κ3) is 3.87. The summed E-state index contributed by atoms with van der Waals surface area (Å²) in [6.07, 6.45) is 0. The number of amides is 1. The van der Waals surface area contributed by atoms with Crippen molar-refractivity contribution in [2.24, 2.45) is 0 Å². The summed E-state index contributed by atoms with van der Waals surface area (Å²) in [5.41, 5.74) is 4.97. The predicted octanol–water partition coefficient (Wildman–Crippen LogP) is 6.35. The molecule has 144 valence electrons. The van der Waals surface area contributed by atoms with Crippen molar-refractivity contribution in [2.45, 2.75) is 19.9 Å². The van der Waals surface area contributed by atoms with E-state index in [-0.39, 0.29) is 11.9 Å². The summed E-state index contributed by atoms with van der Waals surface area (Å²) in [7, 11) is 0. The number of hydrogen-bond donors (Lipinski definition) is 1. The molecule has 0 unspecified atom stereocenters. The van der Waals surface area contributed by atoms with Crippen LogP contribution in [-0.4, -0.2) is 10.9 Å². The van der Waals surface area contributed by atoms with Gasteiger partial charge in [0.05, 0.1) is 22.8 Å². The first-order valence-electron chi connectivity index (χ1n) is 9.55. The molecule has 1 atom stereocenters. The largest absolute Gasteiger partial charge is 0.345 e. The van der Waals surface area contributed by atoms with Crippen LogP contribution in [-0.2, 0) is 0 Å². The topological polar surface area (TPSA) is 42.0 Å². The van der Waals surface area contributed by atoms with Crippen LogP contribution in [0.3, 0.4) is 0 Å². The lowest BCUT2D eigenvalue weighted by Crippen LogP contribution is -2.27. The molecule has 4 rings (SSSR count). The summed E-state index contributed by atoms with van der Waals surface area (Å²) >= 11 is 6.34. The number of halogens is 1. The van der Waals surface area contributed by atoms with E-state index in [1.807, 2.05) is 92.7 Å². The molecule has 1 amide bonds. The highest BCUT2D eigenvalue weighted by Crippen LogP contribution is 2.30. The van der Waals surface area contributed by atoms with E-state index in [0.717, 1.165) is 33.3 Å². The summed E-state index contributed by atoms with van der Waals surface area (Å²) in [5, 5.41) is 4.55. The second-order valence-corrected chi connectivity index (χ2v) is 7.50. The highest BCUT2D eigenvalue weighted by atomic mass is 35.5. The van der Waals surface area contributed by atoms with Gasteiger partial charge in [-0.15, -0.1) is 0 Å². The van der Waals surface area contributed by atoms with E-state index in [1.54, 1.807) is 0 Å². The highest BCUT2D eigenvalue weighted by molar-refractivity contribution is 6.32. The molecule has 0 aliphatic carbocycles. The molecule has 3 aromatic carbocycles. The molecular formula is C25H21ClN2O. The minimum Gasteiger partial charge on any atom is -0.345 e. The van der Waals surface area contributed by atoms with E-state index < -0.39 is 0 Å². The number of rotatable bonds is 4. The van der Waals surface area contributed by atoms with Crippen LogP contribution in [0, 0.1) is 6.92 Å². The Balaban J connectivity index is 1.82. The minimum atomic E-state index is -0.132. The molecule has 4 heteroatoms. The fraction of sp³-hybridized carbons (Fsp3) is 0.120. The van der Waals surface area contributed by atoms with Gasteiger partial charge in [0.1, 0.15) is 0 Å². The lowest BCUT2D eigenvalue weighted by atomic mass is 10.0. The van der Waals surface area contributed by atoms with Gasteiger partial charge in [-0.1, -0.05) is 78.3 Å². The maximum absolute atomic E-state index is 13.3. The van der Waals surface area contributed by atoms with Crippen LogP contribution >= 0.6 is 11.6 Å². The lowest BCUT2D eigenvalue weighted by molar-refractivity contribution is 0.0941. The number of aromatic nitrogens is 1. The van der Waals surface area contributed by atoms with Crippen LogP contribution in [0.15, 0.2) is 78.9 Å². The first kappa shape index (κ1) is 19.2. The highest BCUT2D eigenvalue weighted by Gasteiger charge is 2.18. The molecule has 0 saturated carbocycles. The Labute approximate surface area is 175 Å². The second-order valence-electron chi connectivity index (χ2n) is 7.10. The van der Waals surface area contributed by atoms with Crippen LogP contribution < -0.4 is 5.32 Å². The van der Waals surface area contributed by atoms with E-state index in [9.17, 15) is 4.79 Å². The van der Waals surface area contributed by atoms with Gasteiger partial charge in [-0.25, -0.2) is 4.98 Å². The summed E-state index contributed by atoms with van der Waals surface area (Å²) in [6.45, 7) is 3.91. The number of fused-ring (bicyclic) bond motifs is 1. The summed E-state index contributed by atoms with van der Waals surface area (Å²) in [6, 6.07) is 25.2. The first-order valence-corrected chi connectivity index (χ1v) is 9.93. The van der Waals surface area contributed by atoms with Crippen molar-refractivity contribution in [3.8, 4) is 11.3 Å². The van der Waals surface area contributed by atoms with Gasteiger partial charge in [-0.05, 0) is 37.1 Å². The molecule has 0 bridgehead atoms. The Morgan fingerprint density at radius 1 is 0.966 bits per heavy atom. The Bertz CT molecular complexity index is 1170. The second kappa shape index (κ2) is 8.06. The Hall–Kier alpha value is -3.17. The van der Waals surface area contributed by atoms with Crippen molar-refractivity contribution < 1.29 is 4.79 Å². The number of nitrogens with one attached hydrogen (secondary N) is 1. The van der Waals surface area contributed by atoms with E-state index in [4.69, 9.17) is 16.6 Å². The molecular weight excluding hydrogens is 380 g/mol. The van der Waals surface area contributed by atoms with Crippen LogP contribution in [0.4, 0.5) is 0 Å². The van der Waals surface area contributed by atoms with Gasteiger partial charge in [0, 0.05) is 16.0 Å². The predicted molar refractivity (Wildman–Crippen MR) is 119 cm³/mol. The maximum atomic E-state index is 13.3. The van der Waals surface area contributed by atoms with Crippen LogP contribution in [0.2, 0.25) is 5.02 Å². The van der Waals surface area contributed by atoms with Crippen molar-refractivity contribution in [1.29, 1.82) is 0 Å². The van der Waals surface area contributed by atoms with Gasteiger partial charge in [0.25, 0.3) is 5.91 Å². The number of aryl methyl sites for hydroxylation is 1. The molecule has 0 saturated heterocycles. The van der Waals surface area contributed by atoms with E-state index in [0.29, 0.717) is 10.6 Å². The molecule has 4 aromatic rings. The summed E-state index contributed by atoms with van der Waals surface area (Å²) in [4.78, 5) is 18.1. The van der Waals surface area contributed by atoms with Crippen molar-refractivity contribution in [3.05, 3.63) is 101 Å². The number of pyridine rings is 1. The number of carbonyl (C=O) groups is 1. The molecule has 1 heterocycles. The Kier molecular flexibility index (Phi) is 5.32. The molecule has 0 radical (unpaired) electrons. The molecule has 0 aliphatic rings. The maximum Gasteiger partial charge on any atom is 0.252 e. The molecule has 0 fully saturated rings. The van der Waals surface area contributed by atoms with Gasteiger partial charge in [0.2, 0.25) is 0 Å². The lowest BCUT2D eigenvalue weighted by Gasteiger charge is -2.17. The van der Waals surface area contributed by atoms with Crippen molar-refractivity contribution in [3.63, 3.8) is 0 Å². The van der Waals surface area contributed by atoms with Gasteiger partial charge in [-0.2, -0.15) is 0 Å². The van der Waals surface area contributed by atoms with Crippen molar-refractivity contribution >= 4 is 28.4 Å². The average molecular weight is 401 g/mol. The monoisotopic (exact) mass is 400 g/mol. The fourth-order valence-corrected chi connectivity index (χ4v) is 3.60. The standard InChI is InChI=1S/C25H21ClN2O/c1-16-22(26)14-13-20-21(25(29)27-17(2)18-9-5-3-6-10-18)15-23(28-24(16)20)19-11-7-4-8-12-19/h3-15,17H,1-2H3,(H,27,29)/t17-/m1/s1. The summed E-state index contributed by atoms with van der Waals surface area (Å²) < 4.78 is 0. The third-order valence-corrected chi connectivity index (χ3v) is 5.54. The zero-order valence-electron chi connectivity index (χ0n) is 16.3. The van der Waals surface area contributed by atoms with Gasteiger partial charge >= 0.3 is 0 Å². The van der Waals surface area contributed by atoms with Gasteiger partial charge < -0.3 is 5.32 Å². The molecule has 0 aliphatic heterocycles. The van der Waals surface area contributed by atoms with E-state index in [1.165, 1.54) is 0 Å². The average Bonchev–Trinajstić information content (AvgIpc) is 2.77. The van der Waals surface area contributed by atoms with Crippen LogP contribution in [0.1, 0.15) is 34.5 Å². The third-order valence-electron chi connectivity index (χ3n) is 5.13. The Morgan fingerprint density at radius 3 is 2.31 bits per heavy atom. The zero-order chi connectivity index (χ0) is 20.4. The molecule has 0 spiro atoms. The molecule has 3 nitrogen and oxygen atoms in total. The first-order chi connectivity index (χ1) is 14.0. The smallest absolute Gasteiger partial charge is 0.252 e. The van der Waals surface area contributed by atoms with Crippen molar-refractivity contribution in [1.82, 2.24) is 10.3 Å². The summed E-state index contributed by atoms with van der Waals surface area (Å²) in [5.74, 6) is -0.132. The van der Waals surface area contributed by atoms with E-state index >= 15 is 0 Å². The SMILES string of the molecule is Cc1c(Cl)ccc2c(C(=O)N[C@H](C)c3ccccc3)cc(-c3ccccc3)nc12. The number of benzene rings is 3. The molecule has 1 aromatic heterocycles. The zero-order valence-corrected chi connectivity index (χ0v) is 17.1. The molecule has 29 heavy (non-hydrogen) atoms. The van der Waals surface area contributed by atoms with Crippen LogP contribution in [0.25, 0.3) is 22.2 Å². The number of nitrogens with zero attached hydrogens (tertiary/aromatic N) is 1. The van der Waals surface area contributed by atoms with Gasteiger partial charge in [0.15, 0.2) is 0 Å². The normalized spacial score (nSPS) is 12.0. The van der Waals surface area contributed by atoms with Gasteiger partial charge in [-0.3, -0.25) is 4.79 Å². The van der Waals surface area contributed by atoms with Crippen LogP contribution in [0.5, 0.6) is 0 Å². The van der Waals surface area contributed by atoms with E-state index in [2.05, 4.69) is 5.32 Å². The van der Waals surface area contributed by atoms with Crippen molar-refractivity contribution in [2.75, 3.05) is 0 Å². The molecule has 1 N–H and O–H groups in total. The Morgan fingerprint density at radius 2 is 1.62 bits per heavy atom. The fourth-order valence-electron chi connectivity index (χ4n) is 3.45. The number of carbonyl (C=O) groups excluding carboxylic acids is 1. The minimum absolute atomic E-state index is 0.111. The number of hydrogen-bond acceptors (Lipinski definition) is 2. The quantitative estimate of drug-likeness (QED) is 0.433.